The summed E-state index contributed by atoms with van der Waals surface area (Å²) in [6, 6.07) is 4.21. The normalized spacial score (nSPS) is 17.6. The maximum atomic E-state index is 5.81. The van der Waals surface area contributed by atoms with E-state index in [2.05, 4.69) is 22.9 Å². The van der Waals surface area contributed by atoms with Crippen LogP contribution in [0.3, 0.4) is 0 Å². The highest BCUT2D eigenvalue weighted by atomic mass is 15.1. The molecule has 0 spiro atoms. The summed E-state index contributed by atoms with van der Waals surface area (Å²) in [5.41, 5.74) is 8.00. The second-order valence-corrected chi connectivity index (χ2v) is 5.07. The predicted octanol–water partition coefficient (Wildman–Crippen LogP) is 2.73. The molecule has 0 amide bonds. The molecule has 17 heavy (non-hydrogen) atoms. The van der Waals surface area contributed by atoms with Gasteiger partial charge in [0.2, 0.25) is 0 Å². The van der Waals surface area contributed by atoms with Crippen molar-refractivity contribution in [2.24, 2.45) is 11.7 Å². The van der Waals surface area contributed by atoms with Crippen LogP contribution in [-0.4, -0.2) is 18.1 Å². The van der Waals surface area contributed by atoms with Crippen LogP contribution in [0.2, 0.25) is 0 Å². The molecular weight excluding hydrogens is 210 g/mol. The fourth-order valence-corrected chi connectivity index (χ4v) is 2.26. The average molecular weight is 233 g/mol. The third-order valence-electron chi connectivity index (χ3n) is 3.69. The van der Waals surface area contributed by atoms with Crippen LogP contribution in [0.5, 0.6) is 0 Å². The van der Waals surface area contributed by atoms with Gasteiger partial charge in [-0.1, -0.05) is 6.42 Å². The minimum absolute atomic E-state index is 0.0192. The van der Waals surface area contributed by atoms with Crippen molar-refractivity contribution in [3.8, 4) is 0 Å². The van der Waals surface area contributed by atoms with E-state index >= 15 is 0 Å². The van der Waals surface area contributed by atoms with Crippen LogP contribution in [0.1, 0.15) is 44.8 Å². The smallest absolute Gasteiger partial charge is 0.0569 e. The van der Waals surface area contributed by atoms with E-state index in [4.69, 9.17) is 5.73 Å². The zero-order valence-corrected chi connectivity index (χ0v) is 10.9. The number of nitrogens with two attached hydrogens (primary N) is 1. The fourth-order valence-electron chi connectivity index (χ4n) is 2.26. The summed E-state index contributed by atoms with van der Waals surface area (Å²) in [6.07, 6.45) is 6.15. The Bertz CT molecular complexity index is 341. The Morgan fingerprint density at radius 3 is 2.65 bits per heavy atom. The van der Waals surface area contributed by atoms with Gasteiger partial charge in [0.1, 0.15) is 0 Å². The van der Waals surface area contributed by atoms with Gasteiger partial charge < -0.3 is 10.6 Å². The zero-order valence-electron chi connectivity index (χ0n) is 10.9. The Morgan fingerprint density at radius 1 is 1.47 bits per heavy atom. The third kappa shape index (κ3) is 2.97. The lowest BCUT2D eigenvalue weighted by atomic mass is 9.85. The molecule has 1 aliphatic carbocycles. The van der Waals surface area contributed by atoms with Crippen LogP contribution in [0.15, 0.2) is 18.3 Å². The third-order valence-corrected chi connectivity index (χ3v) is 3.69. The van der Waals surface area contributed by atoms with Crippen LogP contribution >= 0.6 is 0 Å². The Labute approximate surface area is 104 Å². The largest absolute Gasteiger partial charge is 0.370 e. The van der Waals surface area contributed by atoms with E-state index in [1.54, 1.807) is 0 Å². The minimum Gasteiger partial charge on any atom is -0.370 e. The Balaban J connectivity index is 2.02. The monoisotopic (exact) mass is 233 g/mol. The van der Waals surface area contributed by atoms with Crippen molar-refractivity contribution in [2.75, 3.05) is 18.0 Å². The molecule has 1 aliphatic rings. The summed E-state index contributed by atoms with van der Waals surface area (Å²) in [5, 5.41) is 0. The van der Waals surface area contributed by atoms with Crippen molar-refractivity contribution >= 4 is 5.69 Å². The van der Waals surface area contributed by atoms with Crippen LogP contribution in [-0.2, 0) is 0 Å². The maximum absolute atomic E-state index is 5.81. The number of anilines is 1. The van der Waals surface area contributed by atoms with E-state index in [0.717, 1.165) is 18.2 Å². The molecule has 0 bridgehead atoms. The van der Waals surface area contributed by atoms with E-state index in [0.29, 0.717) is 0 Å². The molecule has 1 aromatic rings. The van der Waals surface area contributed by atoms with Crippen LogP contribution < -0.4 is 10.6 Å². The van der Waals surface area contributed by atoms with Crippen molar-refractivity contribution in [2.45, 2.75) is 39.2 Å². The van der Waals surface area contributed by atoms with Crippen molar-refractivity contribution in [1.82, 2.24) is 4.98 Å². The van der Waals surface area contributed by atoms with Gasteiger partial charge in [0.25, 0.3) is 0 Å². The van der Waals surface area contributed by atoms with Crippen molar-refractivity contribution in [3.05, 3.63) is 24.0 Å². The lowest BCUT2D eigenvalue weighted by Crippen LogP contribution is -2.32. The van der Waals surface area contributed by atoms with Crippen molar-refractivity contribution in [3.63, 3.8) is 0 Å². The summed E-state index contributed by atoms with van der Waals surface area (Å²) in [4.78, 5) is 6.85. The standard InChI is InChI=1S/C14H23N3/c1-3-17(10-12-5-4-6-12)13-7-8-14(11(2)15)16-9-13/h7-9,11-12H,3-6,10,15H2,1-2H3/t11-/m0/s1. The topological polar surface area (TPSA) is 42.1 Å². The molecule has 2 N–H and O–H groups in total. The highest BCUT2D eigenvalue weighted by molar-refractivity contribution is 5.44. The number of rotatable bonds is 5. The average Bonchev–Trinajstić information content (AvgIpc) is 2.28. The van der Waals surface area contributed by atoms with Crippen LogP contribution in [0, 0.1) is 5.92 Å². The van der Waals surface area contributed by atoms with Gasteiger partial charge in [0, 0.05) is 19.1 Å². The summed E-state index contributed by atoms with van der Waals surface area (Å²) in [6.45, 7) is 6.40. The van der Waals surface area contributed by atoms with Gasteiger partial charge in [-0.3, -0.25) is 4.98 Å². The van der Waals surface area contributed by atoms with Gasteiger partial charge in [-0.15, -0.1) is 0 Å². The van der Waals surface area contributed by atoms with Crippen molar-refractivity contribution < 1.29 is 0 Å². The molecule has 2 rings (SSSR count). The molecule has 1 atom stereocenters. The van der Waals surface area contributed by atoms with E-state index in [1.165, 1.54) is 31.5 Å². The SMILES string of the molecule is CCN(CC1CCC1)c1ccc([C@H](C)N)nc1. The van der Waals surface area contributed by atoms with Gasteiger partial charge in [-0.2, -0.15) is 0 Å². The van der Waals surface area contributed by atoms with E-state index < -0.39 is 0 Å². The van der Waals surface area contributed by atoms with Gasteiger partial charge in [0.15, 0.2) is 0 Å². The summed E-state index contributed by atoms with van der Waals surface area (Å²) in [5.74, 6) is 0.892. The molecule has 1 heterocycles. The Morgan fingerprint density at radius 2 is 2.24 bits per heavy atom. The Hall–Kier alpha value is -1.09. The lowest BCUT2D eigenvalue weighted by Gasteiger charge is -2.33. The summed E-state index contributed by atoms with van der Waals surface area (Å²) in [7, 11) is 0. The zero-order chi connectivity index (χ0) is 12.3. The summed E-state index contributed by atoms with van der Waals surface area (Å²) >= 11 is 0. The molecule has 1 saturated carbocycles. The Kier molecular flexibility index (Phi) is 4.00. The number of pyridine rings is 1. The van der Waals surface area contributed by atoms with Crippen molar-refractivity contribution in [1.29, 1.82) is 0 Å². The number of nitrogens with zero attached hydrogens (tertiary/aromatic N) is 2. The van der Waals surface area contributed by atoms with E-state index in [9.17, 15) is 0 Å². The molecule has 0 unspecified atom stereocenters. The molecule has 1 aromatic heterocycles. The minimum atomic E-state index is 0.0192. The van der Waals surface area contributed by atoms with Crippen LogP contribution in [0.25, 0.3) is 0 Å². The van der Waals surface area contributed by atoms with E-state index in [1.807, 2.05) is 19.2 Å². The van der Waals surface area contributed by atoms with Gasteiger partial charge >= 0.3 is 0 Å². The summed E-state index contributed by atoms with van der Waals surface area (Å²) < 4.78 is 0. The molecule has 0 radical (unpaired) electrons. The lowest BCUT2D eigenvalue weighted by molar-refractivity contribution is 0.318. The molecule has 3 heteroatoms. The molecule has 1 fully saturated rings. The van der Waals surface area contributed by atoms with E-state index in [-0.39, 0.29) is 6.04 Å². The highest BCUT2D eigenvalue weighted by Gasteiger charge is 2.20. The first-order valence-electron chi connectivity index (χ1n) is 6.67. The first kappa shape index (κ1) is 12.4. The first-order chi connectivity index (χ1) is 8.20. The molecule has 3 nitrogen and oxygen atoms in total. The maximum Gasteiger partial charge on any atom is 0.0569 e. The first-order valence-corrected chi connectivity index (χ1v) is 6.67. The van der Waals surface area contributed by atoms with Gasteiger partial charge in [0.05, 0.1) is 17.6 Å². The number of aromatic nitrogens is 1. The molecule has 0 aliphatic heterocycles. The second kappa shape index (κ2) is 5.50. The van der Waals surface area contributed by atoms with Gasteiger partial charge in [-0.25, -0.2) is 0 Å². The van der Waals surface area contributed by atoms with Gasteiger partial charge in [-0.05, 0) is 44.7 Å². The molecular formula is C14H23N3. The number of hydrogen-bond acceptors (Lipinski definition) is 3. The second-order valence-electron chi connectivity index (χ2n) is 5.07. The molecule has 0 saturated heterocycles. The fraction of sp³-hybridized carbons (Fsp3) is 0.643. The number of hydrogen-bond donors (Lipinski definition) is 1. The molecule has 94 valence electrons. The predicted molar refractivity (Wildman–Crippen MR) is 72.1 cm³/mol. The van der Waals surface area contributed by atoms with Crippen LogP contribution in [0.4, 0.5) is 5.69 Å². The highest BCUT2D eigenvalue weighted by Crippen LogP contribution is 2.28. The quantitative estimate of drug-likeness (QED) is 0.850. The molecule has 0 aromatic carbocycles.